The fourth-order valence-electron chi connectivity index (χ4n) is 3.56. The zero-order valence-electron chi connectivity index (χ0n) is 16.3. The fraction of sp³-hybridized carbons (Fsp3) is 0.632. The number of piperidine rings is 1. The van der Waals surface area contributed by atoms with Crippen LogP contribution in [0.2, 0.25) is 5.02 Å². The van der Waals surface area contributed by atoms with Gasteiger partial charge in [0.25, 0.3) is 5.91 Å². The highest BCUT2D eigenvalue weighted by Gasteiger charge is 2.27. The molecule has 2 heterocycles. The summed E-state index contributed by atoms with van der Waals surface area (Å²) >= 11 is 6.24. The molecule has 0 N–H and O–H groups in total. The number of hydrogen-bond acceptors (Lipinski definition) is 5. The number of hydrogen-bond donors (Lipinski definition) is 0. The van der Waals surface area contributed by atoms with Crippen LogP contribution in [0.3, 0.4) is 0 Å². The number of ether oxygens (including phenoxy) is 1. The van der Waals surface area contributed by atoms with Crippen molar-refractivity contribution < 1.29 is 17.9 Å². The lowest BCUT2D eigenvalue weighted by Crippen LogP contribution is -2.49. The summed E-state index contributed by atoms with van der Waals surface area (Å²) in [4.78, 5) is 16.6. The molecule has 0 unspecified atom stereocenters. The van der Waals surface area contributed by atoms with Gasteiger partial charge >= 0.3 is 0 Å². The van der Waals surface area contributed by atoms with Crippen LogP contribution in [0, 0.1) is 0 Å². The maximum atomic E-state index is 12.7. The molecular weight excluding hydrogens is 402 g/mol. The molecule has 0 bridgehead atoms. The predicted molar refractivity (Wildman–Crippen MR) is 108 cm³/mol. The zero-order chi connectivity index (χ0) is 20.1. The number of carbonyl (C=O) groups is 1. The van der Waals surface area contributed by atoms with E-state index in [1.807, 2.05) is 0 Å². The van der Waals surface area contributed by atoms with Crippen LogP contribution in [0.5, 0.6) is 5.75 Å². The van der Waals surface area contributed by atoms with Crippen molar-refractivity contribution in [1.29, 1.82) is 0 Å². The molecule has 3 rings (SSSR count). The third-order valence-corrected chi connectivity index (χ3v) is 7.57. The fourth-order valence-corrected chi connectivity index (χ4v) is 5.40. The Morgan fingerprint density at radius 3 is 2.36 bits per heavy atom. The third-order valence-electron chi connectivity index (χ3n) is 5.38. The van der Waals surface area contributed by atoms with Gasteiger partial charge in [-0.15, -0.1) is 0 Å². The van der Waals surface area contributed by atoms with Crippen molar-refractivity contribution in [2.75, 3.05) is 52.4 Å². The standard InChI is InChI=1S/C19H28ClN3O4S/c1-2-21-10-12-22(13-11-21)19(24)15-27-18-7-6-16(14-17(18)20)28(25,26)23-8-4-3-5-9-23/h6-7,14H,2-5,8-13,15H2,1H3. The van der Waals surface area contributed by atoms with Gasteiger partial charge in [-0.3, -0.25) is 4.79 Å². The Labute approximate surface area is 172 Å². The number of rotatable bonds is 6. The SMILES string of the molecule is CCN1CCN(C(=O)COc2ccc(S(=O)(=O)N3CCCCC3)cc2Cl)CC1. The molecule has 1 amide bonds. The van der Waals surface area contributed by atoms with Gasteiger partial charge in [0, 0.05) is 39.3 Å². The van der Waals surface area contributed by atoms with Gasteiger partial charge in [0.2, 0.25) is 10.0 Å². The second-order valence-corrected chi connectivity index (χ2v) is 9.51. The van der Waals surface area contributed by atoms with Crippen LogP contribution in [0.15, 0.2) is 23.1 Å². The summed E-state index contributed by atoms with van der Waals surface area (Å²) in [6.07, 6.45) is 2.81. The maximum Gasteiger partial charge on any atom is 0.260 e. The molecule has 2 aliphatic heterocycles. The van der Waals surface area contributed by atoms with Gasteiger partial charge in [0.05, 0.1) is 9.92 Å². The number of halogens is 1. The molecule has 2 aliphatic rings. The van der Waals surface area contributed by atoms with Crippen molar-refractivity contribution in [2.24, 2.45) is 0 Å². The highest BCUT2D eigenvalue weighted by molar-refractivity contribution is 7.89. The molecule has 156 valence electrons. The van der Waals surface area contributed by atoms with Gasteiger partial charge in [0.1, 0.15) is 5.75 Å². The Morgan fingerprint density at radius 1 is 1.07 bits per heavy atom. The van der Waals surface area contributed by atoms with Gasteiger partial charge in [0.15, 0.2) is 6.61 Å². The van der Waals surface area contributed by atoms with E-state index in [0.717, 1.165) is 38.9 Å². The number of nitrogens with zero attached hydrogens (tertiary/aromatic N) is 3. The molecule has 0 atom stereocenters. The van der Waals surface area contributed by atoms with Gasteiger partial charge in [-0.2, -0.15) is 4.31 Å². The summed E-state index contributed by atoms with van der Waals surface area (Å²) < 4.78 is 32.5. The molecule has 0 spiro atoms. The Hall–Kier alpha value is -1.35. The largest absolute Gasteiger partial charge is 0.482 e. The molecule has 1 aromatic rings. The summed E-state index contributed by atoms with van der Waals surface area (Å²) in [7, 11) is -3.54. The Morgan fingerprint density at radius 2 is 1.75 bits per heavy atom. The minimum absolute atomic E-state index is 0.0863. The second kappa shape index (κ2) is 9.43. The van der Waals surface area contributed by atoms with Crippen LogP contribution in [-0.4, -0.2) is 80.9 Å². The predicted octanol–water partition coefficient (Wildman–Crippen LogP) is 2.06. The van der Waals surface area contributed by atoms with E-state index in [2.05, 4.69) is 11.8 Å². The Bertz CT molecular complexity index is 788. The van der Waals surface area contributed by atoms with Crippen LogP contribution in [0.1, 0.15) is 26.2 Å². The molecule has 7 nitrogen and oxygen atoms in total. The van der Waals surface area contributed by atoms with E-state index in [-0.39, 0.29) is 22.4 Å². The third kappa shape index (κ3) is 4.97. The quantitative estimate of drug-likeness (QED) is 0.692. The minimum atomic E-state index is -3.54. The molecule has 2 saturated heterocycles. The van der Waals surface area contributed by atoms with Gasteiger partial charge < -0.3 is 14.5 Å². The normalized spacial score (nSPS) is 19.6. The first-order valence-electron chi connectivity index (χ1n) is 9.84. The average molecular weight is 430 g/mol. The van der Waals surface area contributed by atoms with Gasteiger partial charge in [-0.1, -0.05) is 24.9 Å². The van der Waals surface area contributed by atoms with E-state index < -0.39 is 10.0 Å². The highest BCUT2D eigenvalue weighted by Crippen LogP contribution is 2.29. The van der Waals surface area contributed by atoms with Crippen molar-refractivity contribution in [3.8, 4) is 5.75 Å². The molecule has 0 aromatic heterocycles. The molecule has 2 fully saturated rings. The number of piperazine rings is 1. The maximum absolute atomic E-state index is 12.7. The lowest BCUT2D eigenvalue weighted by atomic mass is 10.2. The molecule has 0 saturated carbocycles. The summed E-state index contributed by atoms with van der Waals surface area (Å²) in [5, 5.41) is 0.196. The monoisotopic (exact) mass is 429 g/mol. The van der Waals surface area contributed by atoms with E-state index in [1.165, 1.54) is 22.5 Å². The first kappa shape index (κ1) is 21.4. The van der Waals surface area contributed by atoms with Gasteiger partial charge in [-0.05, 0) is 37.6 Å². The summed E-state index contributed by atoms with van der Waals surface area (Å²) in [5.74, 6) is 0.233. The van der Waals surface area contributed by atoms with E-state index in [4.69, 9.17) is 16.3 Å². The van der Waals surface area contributed by atoms with Crippen LogP contribution >= 0.6 is 11.6 Å². The number of amides is 1. The molecule has 9 heteroatoms. The summed E-state index contributed by atoms with van der Waals surface area (Å²) in [5.41, 5.74) is 0. The number of benzene rings is 1. The lowest BCUT2D eigenvalue weighted by molar-refractivity contribution is -0.135. The second-order valence-electron chi connectivity index (χ2n) is 7.16. The Balaban J connectivity index is 1.59. The summed E-state index contributed by atoms with van der Waals surface area (Å²) in [6, 6.07) is 4.43. The zero-order valence-corrected chi connectivity index (χ0v) is 17.8. The lowest BCUT2D eigenvalue weighted by Gasteiger charge is -2.34. The van der Waals surface area contributed by atoms with E-state index in [9.17, 15) is 13.2 Å². The van der Waals surface area contributed by atoms with Crippen molar-refractivity contribution in [3.05, 3.63) is 23.2 Å². The number of sulfonamides is 1. The van der Waals surface area contributed by atoms with Crippen LogP contribution < -0.4 is 4.74 Å². The molecule has 1 aromatic carbocycles. The van der Waals surface area contributed by atoms with Crippen LogP contribution in [0.25, 0.3) is 0 Å². The molecule has 0 aliphatic carbocycles. The molecule has 28 heavy (non-hydrogen) atoms. The smallest absolute Gasteiger partial charge is 0.260 e. The van der Waals surface area contributed by atoms with Crippen molar-refractivity contribution in [3.63, 3.8) is 0 Å². The van der Waals surface area contributed by atoms with E-state index in [1.54, 1.807) is 4.90 Å². The number of carbonyl (C=O) groups excluding carboxylic acids is 1. The van der Waals surface area contributed by atoms with Crippen molar-refractivity contribution >= 4 is 27.5 Å². The van der Waals surface area contributed by atoms with Crippen LogP contribution in [0.4, 0.5) is 0 Å². The van der Waals surface area contributed by atoms with Gasteiger partial charge in [-0.25, -0.2) is 8.42 Å². The van der Waals surface area contributed by atoms with Crippen molar-refractivity contribution in [2.45, 2.75) is 31.1 Å². The first-order chi connectivity index (χ1) is 13.4. The van der Waals surface area contributed by atoms with E-state index >= 15 is 0 Å². The average Bonchev–Trinajstić information content (AvgIpc) is 2.73. The molecule has 0 radical (unpaired) electrons. The minimum Gasteiger partial charge on any atom is -0.482 e. The van der Waals surface area contributed by atoms with E-state index in [0.29, 0.717) is 31.9 Å². The first-order valence-corrected chi connectivity index (χ1v) is 11.7. The Kier molecular flexibility index (Phi) is 7.20. The van der Waals surface area contributed by atoms with Crippen LogP contribution in [-0.2, 0) is 14.8 Å². The molecular formula is C19H28ClN3O4S. The topological polar surface area (TPSA) is 70.2 Å². The summed E-state index contributed by atoms with van der Waals surface area (Å²) in [6.45, 7) is 7.18. The number of likely N-dealkylation sites (N-methyl/N-ethyl adjacent to an activating group) is 1. The highest BCUT2D eigenvalue weighted by atomic mass is 35.5. The van der Waals surface area contributed by atoms with Crippen molar-refractivity contribution in [1.82, 2.24) is 14.1 Å².